The van der Waals surface area contributed by atoms with Crippen LogP contribution in [0.2, 0.25) is 0 Å². The van der Waals surface area contributed by atoms with E-state index >= 15 is 0 Å². The Labute approximate surface area is 183 Å². The van der Waals surface area contributed by atoms with Crippen LogP contribution < -0.4 is 16.2 Å². The summed E-state index contributed by atoms with van der Waals surface area (Å²) in [4.78, 5) is 45.1. The number of amides is 2. The van der Waals surface area contributed by atoms with E-state index in [1.165, 1.54) is 17.3 Å². The van der Waals surface area contributed by atoms with Gasteiger partial charge in [-0.15, -0.1) is 0 Å². The van der Waals surface area contributed by atoms with Crippen LogP contribution in [-0.2, 0) is 15.3 Å². The first-order valence-electron chi connectivity index (χ1n) is 9.89. The molecule has 158 valence electrons. The van der Waals surface area contributed by atoms with E-state index in [-0.39, 0.29) is 23.7 Å². The Bertz CT molecular complexity index is 1190. The van der Waals surface area contributed by atoms with Gasteiger partial charge in [-0.05, 0) is 31.5 Å². The van der Waals surface area contributed by atoms with Crippen molar-refractivity contribution in [3.63, 3.8) is 0 Å². The summed E-state index contributed by atoms with van der Waals surface area (Å²) >= 11 is 1.36. The molecular weight excluding hydrogens is 412 g/mol. The topological polar surface area (TPSA) is 104 Å². The number of aromatic amines is 1. The maximum absolute atomic E-state index is 12.9. The van der Waals surface area contributed by atoms with Crippen molar-refractivity contribution in [2.45, 2.75) is 37.1 Å². The van der Waals surface area contributed by atoms with Crippen LogP contribution >= 0.6 is 11.8 Å². The molecule has 3 aromatic rings. The van der Waals surface area contributed by atoms with E-state index in [4.69, 9.17) is 0 Å². The monoisotopic (exact) mass is 434 g/mol. The highest BCUT2D eigenvalue weighted by molar-refractivity contribution is 7.98. The predicted octanol–water partition coefficient (Wildman–Crippen LogP) is 3.74. The van der Waals surface area contributed by atoms with Gasteiger partial charge in [0, 0.05) is 17.9 Å². The van der Waals surface area contributed by atoms with Gasteiger partial charge in [-0.25, -0.2) is 4.98 Å². The van der Waals surface area contributed by atoms with Gasteiger partial charge >= 0.3 is 0 Å². The molecule has 8 heteroatoms. The molecule has 0 aliphatic carbocycles. The summed E-state index contributed by atoms with van der Waals surface area (Å²) in [6, 6.07) is 15.4. The predicted molar refractivity (Wildman–Crippen MR) is 121 cm³/mol. The lowest BCUT2D eigenvalue weighted by molar-refractivity contribution is -0.123. The maximum atomic E-state index is 12.9. The lowest BCUT2D eigenvalue weighted by Crippen LogP contribution is -2.36. The number of carbonyl (C=O) groups excluding carboxylic acids is 2. The van der Waals surface area contributed by atoms with E-state index in [0.717, 1.165) is 11.1 Å². The Balaban J connectivity index is 1.56. The van der Waals surface area contributed by atoms with Gasteiger partial charge in [0.25, 0.3) is 5.56 Å². The van der Waals surface area contributed by atoms with Crippen LogP contribution in [0.5, 0.6) is 0 Å². The molecule has 2 aromatic carbocycles. The molecule has 0 spiro atoms. The normalized spacial score (nSPS) is 15.2. The molecule has 0 fully saturated rings. The first-order valence-corrected chi connectivity index (χ1v) is 10.9. The number of aromatic nitrogens is 2. The van der Waals surface area contributed by atoms with Crippen LogP contribution in [0.1, 0.15) is 34.6 Å². The maximum Gasteiger partial charge on any atom is 0.257 e. The minimum atomic E-state index is -0.905. The first kappa shape index (κ1) is 20.9. The van der Waals surface area contributed by atoms with E-state index in [2.05, 4.69) is 20.6 Å². The quantitative estimate of drug-likeness (QED) is 0.419. The Kier molecular flexibility index (Phi) is 5.90. The van der Waals surface area contributed by atoms with Crippen molar-refractivity contribution >= 4 is 35.1 Å². The average molecular weight is 435 g/mol. The number of hydrogen-bond donors (Lipinski definition) is 3. The van der Waals surface area contributed by atoms with Crippen LogP contribution in [0.3, 0.4) is 0 Å². The SMILES string of the molecule is Cc1ccc(CSc2nc3c(c(=O)[nH]2)[C@H](C(=O)Nc2ccc(C)cc2)CC(=O)N3)cc1. The molecule has 0 saturated carbocycles. The molecule has 1 aromatic heterocycles. The summed E-state index contributed by atoms with van der Waals surface area (Å²) in [5.74, 6) is -0.892. The van der Waals surface area contributed by atoms with E-state index in [0.29, 0.717) is 16.6 Å². The molecular formula is C23H22N4O3S. The Morgan fingerprint density at radius 3 is 2.39 bits per heavy atom. The van der Waals surface area contributed by atoms with E-state index in [9.17, 15) is 14.4 Å². The van der Waals surface area contributed by atoms with Gasteiger partial charge in [-0.2, -0.15) is 0 Å². The van der Waals surface area contributed by atoms with Crippen molar-refractivity contribution in [2.24, 2.45) is 0 Å². The van der Waals surface area contributed by atoms with Gasteiger partial charge in [0.15, 0.2) is 5.16 Å². The van der Waals surface area contributed by atoms with Gasteiger partial charge in [-0.1, -0.05) is 59.3 Å². The molecule has 0 radical (unpaired) electrons. The van der Waals surface area contributed by atoms with Crippen molar-refractivity contribution in [3.05, 3.63) is 81.1 Å². The second-order valence-corrected chi connectivity index (χ2v) is 8.53. The molecule has 0 bridgehead atoms. The fourth-order valence-electron chi connectivity index (χ4n) is 3.35. The molecule has 4 rings (SSSR count). The molecule has 0 unspecified atom stereocenters. The molecule has 2 amide bonds. The summed E-state index contributed by atoms with van der Waals surface area (Å²) in [5.41, 5.74) is 3.71. The highest BCUT2D eigenvalue weighted by Crippen LogP contribution is 2.31. The van der Waals surface area contributed by atoms with Crippen LogP contribution in [0.15, 0.2) is 58.5 Å². The number of fused-ring (bicyclic) bond motifs is 1. The lowest BCUT2D eigenvalue weighted by atomic mass is 9.92. The minimum absolute atomic E-state index is 0.106. The van der Waals surface area contributed by atoms with Crippen molar-refractivity contribution in [2.75, 3.05) is 10.6 Å². The lowest BCUT2D eigenvalue weighted by Gasteiger charge is -2.23. The number of H-pyrrole nitrogens is 1. The van der Waals surface area contributed by atoms with Crippen molar-refractivity contribution in [1.82, 2.24) is 9.97 Å². The standard InChI is InChI=1S/C23H22N4O3S/c1-13-3-7-15(8-4-13)12-31-23-26-20-19(22(30)27-23)17(11-18(28)25-20)21(29)24-16-9-5-14(2)6-10-16/h3-10,17H,11-12H2,1-2H3,(H,24,29)(H2,25,26,27,28,30)/t17-/m1/s1. The number of benzene rings is 2. The third kappa shape index (κ3) is 4.86. The average Bonchev–Trinajstić information content (AvgIpc) is 2.74. The molecule has 2 heterocycles. The number of aryl methyl sites for hydroxylation is 2. The molecule has 0 saturated heterocycles. The Morgan fingerprint density at radius 2 is 1.71 bits per heavy atom. The highest BCUT2D eigenvalue weighted by atomic mass is 32.2. The summed E-state index contributed by atoms with van der Waals surface area (Å²) < 4.78 is 0. The largest absolute Gasteiger partial charge is 0.326 e. The zero-order chi connectivity index (χ0) is 22.0. The van der Waals surface area contributed by atoms with E-state index in [1.807, 2.05) is 50.2 Å². The zero-order valence-corrected chi connectivity index (χ0v) is 18.0. The van der Waals surface area contributed by atoms with Crippen LogP contribution in [0.4, 0.5) is 11.5 Å². The van der Waals surface area contributed by atoms with Crippen LogP contribution in [0, 0.1) is 13.8 Å². The van der Waals surface area contributed by atoms with Crippen LogP contribution in [-0.4, -0.2) is 21.8 Å². The third-order valence-corrected chi connectivity index (χ3v) is 6.01. The fraction of sp³-hybridized carbons (Fsp3) is 0.217. The molecule has 7 nitrogen and oxygen atoms in total. The number of anilines is 2. The third-order valence-electron chi connectivity index (χ3n) is 5.06. The fourth-order valence-corrected chi connectivity index (χ4v) is 4.16. The highest BCUT2D eigenvalue weighted by Gasteiger charge is 2.34. The van der Waals surface area contributed by atoms with Crippen LogP contribution in [0.25, 0.3) is 0 Å². The summed E-state index contributed by atoms with van der Waals surface area (Å²) in [6.45, 7) is 3.97. The van der Waals surface area contributed by atoms with Crippen molar-refractivity contribution in [3.8, 4) is 0 Å². The number of thioether (sulfide) groups is 1. The minimum Gasteiger partial charge on any atom is -0.326 e. The Morgan fingerprint density at radius 1 is 1.06 bits per heavy atom. The summed E-state index contributed by atoms with van der Waals surface area (Å²) in [5, 5.41) is 5.82. The first-order chi connectivity index (χ1) is 14.9. The second-order valence-electron chi connectivity index (χ2n) is 7.57. The van der Waals surface area contributed by atoms with E-state index < -0.39 is 17.4 Å². The molecule has 1 aliphatic heterocycles. The van der Waals surface area contributed by atoms with Gasteiger partial charge in [-0.3, -0.25) is 14.4 Å². The van der Waals surface area contributed by atoms with Gasteiger partial charge in [0.05, 0.1) is 11.5 Å². The summed E-state index contributed by atoms with van der Waals surface area (Å²) in [6.07, 6.45) is -0.106. The Hall–Kier alpha value is -3.39. The zero-order valence-electron chi connectivity index (χ0n) is 17.2. The number of nitrogens with zero attached hydrogens (tertiary/aromatic N) is 1. The van der Waals surface area contributed by atoms with Gasteiger partial charge < -0.3 is 15.6 Å². The summed E-state index contributed by atoms with van der Waals surface area (Å²) in [7, 11) is 0. The van der Waals surface area contributed by atoms with E-state index in [1.54, 1.807) is 12.1 Å². The van der Waals surface area contributed by atoms with Gasteiger partial charge in [0.1, 0.15) is 5.82 Å². The number of hydrogen-bond acceptors (Lipinski definition) is 5. The van der Waals surface area contributed by atoms with Gasteiger partial charge in [0.2, 0.25) is 11.8 Å². The second kappa shape index (κ2) is 8.77. The number of rotatable bonds is 5. The number of nitrogens with one attached hydrogen (secondary N) is 3. The van der Waals surface area contributed by atoms with Crippen molar-refractivity contribution < 1.29 is 9.59 Å². The molecule has 3 N–H and O–H groups in total. The molecule has 31 heavy (non-hydrogen) atoms. The molecule has 1 atom stereocenters. The molecule has 1 aliphatic rings. The van der Waals surface area contributed by atoms with Crippen molar-refractivity contribution in [1.29, 1.82) is 0 Å². The smallest absolute Gasteiger partial charge is 0.257 e. The number of carbonyl (C=O) groups is 2.